The molecule has 3 aromatic carbocycles. The van der Waals surface area contributed by atoms with Gasteiger partial charge < -0.3 is 20.2 Å². The highest BCUT2D eigenvalue weighted by atomic mass is 35.5. The highest BCUT2D eigenvalue weighted by molar-refractivity contribution is 6.30. The Morgan fingerprint density at radius 2 is 1.51 bits per heavy atom. The Morgan fingerprint density at radius 3 is 2.18 bits per heavy atom. The number of halogens is 1. The minimum Gasteiger partial charge on any atom is -0.465 e. The van der Waals surface area contributed by atoms with Crippen LogP contribution in [0.4, 0.5) is 10.5 Å². The lowest BCUT2D eigenvalue weighted by atomic mass is 9.93. The molecule has 2 atom stereocenters. The predicted molar refractivity (Wildman–Crippen MR) is 150 cm³/mol. The van der Waals surface area contributed by atoms with Gasteiger partial charge in [0, 0.05) is 49.7 Å². The fourth-order valence-corrected chi connectivity index (χ4v) is 5.45. The van der Waals surface area contributed by atoms with Gasteiger partial charge >= 0.3 is 6.09 Å². The van der Waals surface area contributed by atoms with Crippen molar-refractivity contribution in [2.45, 2.75) is 31.5 Å². The van der Waals surface area contributed by atoms with Crippen molar-refractivity contribution in [1.82, 2.24) is 15.1 Å². The Bertz CT molecular complexity index is 1330. The van der Waals surface area contributed by atoms with Gasteiger partial charge in [0.15, 0.2) is 0 Å². The summed E-state index contributed by atoms with van der Waals surface area (Å²) >= 11 is 6.06. The number of nitrogens with one attached hydrogen (secondary N) is 1. The van der Waals surface area contributed by atoms with Crippen LogP contribution in [0.25, 0.3) is 0 Å². The molecule has 2 aliphatic rings. The number of carbonyl (C=O) groups is 3. The maximum absolute atomic E-state index is 13.8. The molecular formula is C30H31ClN4O4. The summed E-state index contributed by atoms with van der Waals surface area (Å²) in [5.74, 6) is -0.647. The molecule has 0 radical (unpaired) electrons. The molecule has 3 aromatic rings. The summed E-state index contributed by atoms with van der Waals surface area (Å²) in [6.45, 7) is 2.55. The Hall–Kier alpha value is -4.04. The number of para-hydroxylation sites is 1. The Kier molecular flexibility index (Phi) is 8.02. The number of amides is 3. The second-order valence-corrected chi connectivity index (χ2v) is 10.4. The summed E-state index contributed by atoms with van der Waals surface area (Å²) in [5, 5.41) is 13.4. The van der Waals surface area contributed by atoms with Crippen molar-refractivity contribution in [3.63, 3.8) is 0 Å². The predicted octanol–water partition coefficient (Wildman–Crippen LogP) is 3.82. The van der Waals surface area contributed by atoms with E-state index in [0.717, 1.165) is 27.3 Å². The van der Waals surface area contributed by atoms with E-state index in [0.29, 0.717) is 31.2 Å². The van der Waals surface area contributed by atoms with Crippen LogP contribution in [0.3, 0.4) is 0 Å². The SMILES string of the molecule is O=C(N[C@H](Cc1ccc(Cl)cc1)C(=O)N1CCN(c2ccccc2)CC1)[C@@H]1Cc2ccccc2CN1C(=O)O. The highest BCUT2D eigenvalue weighted by Gasteiger charge is 2.37. The molecule has 0 unspecified atom stereocenters. The number of anilines is 1. The molecule has 0 saturated carbocycles. The smallest absolute Gasteiger partial charge is 0.408 e. The van der Waals surface area contributed by atoms with E-state index in [2.05, 4.69) is 22.3 Å². The van der Waals surface area contributed by atoms with Crippen LogP contribution in [-0.2, 0) is 29.0 Å². The zero-order valence-corrected chi connectivity index (χ0v) is 22.3. The van der Waals surface area contributed by atoms with Gasteiger partial charge in [-0.15, -0.1) is 0 Å². The van der Waals surface area contributed by atoms with E-state index in [9.17, 15) is 19.5 Å². The van der Waals surface area contributed by atoms with Gasteiger partial charge in [-0.25, -0.2) is 4.79 Å². The average molecular weight is 547 g/mol. The monoisotopic (exact) mass is 546 g/mol. The third-order valence-corrected chi connectivity index (χ3v) is 7.73. The summed E-state index contributed by atoms with van der Waals surface area (Å²) in [4.78, 5) is 44.6. The number of piperazine rings is 1. The third-order valence-electron chi connectivity index (χ3n) is 7.48. The molecule has 2 aliphatic heterocycles. The average Bonchev–Trinajstić information content (AvgIpc) is 2.97. The Balaban J connectivity index is 1.33. The quantitative estimate of drug-likeness (QED) is 0.490. The molecular weight excluding hydrogens is 516 g/mol. The minimum atomic E-state index is -1.16. The molecule has 39 heavy (non-hydrogen) atoms. The summed E-state index contributed by atoms with van der Waals surface area (Å²) < 4.78 is 0. The van der Waals surface area contributed by atoms with E-state index in [1.54, 1.807) is 17.0 Å². The van der Waals surface area contributed by atoms with E-state index >= 15 is 0 Å². The maximum Gasteiger partial charge on any atom is 0.408 e. The number of carbonyl (C=O) groups excluding carboxylic acids is 2. The number of hydrogen-bond acceptors (Lipinski definition) is 4. The van der Waals surface area contributed by atoms with E-state index in [-0.39, 0.29) is 25.3 Å². The van der Waals surface area contributed by atoms with Crippen LogP contribution < -0.4 is 10.2 Å². The van der Waals surface area contributed by atoms with E-state index in [1.807, 2.05) is 54.6 Å². The largest absolute Gasteiger partial charge is 0.465 e. The normalized spacial score (nSPS) is 17.8. The number of fused-ring (bicyclic) bond motifs is 1. The lowest BCUT2D eigenvalue weighted by Gasteiger charge is -2.38. The van der Waals surface area contributed by atoms with Crippen molar-refractivity contribution >= 4 is 35.2 Å². The molecule has 3 amide bonds. The number of rotatable bonds is 6. The Labute approximate surface area is 232 Å². The van der Waals surface area contributed by atoms with Crippen molar-refractivity contribution in [2.24, 2.45) is 0 Å². The van der Waals surface area contributed by atoms with Crippen LogP contribution in [0.2, 0.25) is 5.02 Å². The van der Waals surface area contributed by atoms with E-state index in [1.165, 1.54) is 0 Å². The molecule has 0 aliphatic carbocycles. The highest BCUT2D eigenvalue weighted by Crippen LogP contribution is 2.24. The minimum absolute atomic E-state index is 0.126. The Morgan fingerprint density at radius 1 is 0.872 bits per heavy atom. The second-order valence-electron chi connectivity index (χ2n) is 9.94. The number of hydrogen-bond donors (Lipinski definition) is 2. The molecule has 0 aromatic heterocycles. The standard InChI is InChI=1S/C30H31ClN4O4/c31-24-12-10-21(11-13-24)18-26(29(37)34-16-14-33(15-17-34)25-8-2-1-3-9-25)32-28(36)27-19-22-6-4-5-7-23(22)20-35(27)30(38)39/h1-13,26-27H,14-20H2,(H,32,36)(H,38,39)/t26-,27+/m1/s1. The number of carboxylic acid groups (broad SMARTS) is 1. The second kappa shape index (κ2) is 11.8. The summed E-state index contributed by atoms with van der Waals surface area (Å²) in [6, 6.07) is 23.0. The van der Waals surface area contributed by atoms with E-state index < -0.39 is 24.1 Å². The molecule has 8 nitrogen and oxygen atoms in total. The van der Waals surface area contributed by atoms with Gasteiger partial charge in [0.1, 0.15) is 12.1 Å². The fourth-order valence-electron chi connectivity index (χ4n) is 5.33. The maximum atomic E-state index is 13.8. The zero-order chi connectivity index (χ0) is 27.4. The molecule has 1 fully saturated rings. The van der Waals surface area contributed by atoms with Crippen molar-refractivity contribution in [3.05, 3.63) is 101 Å². The molecule has 1 saturated heterocycles. The molecule has 0 spiro atoms. The fraction of sp³-hybridized carbons (Fsp3) is 0.300. The van der Waals surface area contributed by atoms with Gasteiger partial charge in [0.05, 0.1) is 6.54 Å². The number of benzene rings is 3. The van der Waals surface area contributed by atoms with Gasteiger partial charge in [-0.05, 0) is 41.0 Å². The van der Waals surface area contributed by atoms with Gasteiger partial charge in [-0.3, -0.25) is 14.5 Å². The van der Waals surface area contributed by atoms with Gasteiger partial charge in [-0.1, -0.05) is 66.2 Å². The molecule has 2 heterocycles. The van der Waals surface area contributed by atoms with Gasteiger partial charge in [0.25, 0.3) is 0 Å². The molecule has 9 heteroatoms. The number of nitrogens with zero attached hydrogens (tertiary/aromatic N) is 3. The third kappa shape index (κ3) is 6.17. The first-order chi connectivity index (χ1) is 18.9. The van der Waals surface area contributed by atoms with Crippen LogP contribution in [0, 0.1) is 0 Å². The lowest BCUT2D eigenvalue weighted by molar-refractivity contribution is -0.138. The van der Waals surface area contributed by atoms with Gasteiger partial charge in [0.2, 0.25) is 11.8 Å². The first-order valence-electron chi connectivity index (χ1n) is 13.1. The van der Waals surface area contributed by atoms with Crippen LogP contribution in [0.1, 0.15) is 16.7 Å². The van der Waals surface area contributed by atoms with Crippen LogP contribution in [-0.4, -0.2) is 71.1 Å². The van der Waals surface area contributed by atoms with Gasteiger partial charge in [-0.2, -0.15) is 0 Å². The first kappa shape index (κ1) is 26.6. The molecule has 2 N–H and O–H groups in total. The molecule has 0 bridgehead atoms. The summed E-state index contributed by atoms with van der Waals surface area (Å²) in [6.07, 6.45) is -0.634. The van der Waals surface area contributed by atoms with Crippen LogP contribution in [0.15, 0.2) is 78.9 Å². The summed E-state index contributed by atoms with van der Waals surface area (Å²) in [7, 11) is 0. The first-order valence-corrected chi connectivity index (χ1v) is 13.5. The van der Waals surface area contributed by atoms with Crippen LogP contribution in [0.5, 0.6) is 0 Å². The summed E-state index contributed by atoms with van der Waals surface area (Å²) in [5.41, 5.74) is 3.79. The van der Waals surface area contributed by atoms with Crippen molar-refractivity contribution in [2.75, 3.05) is 31.1 Å². The van der Waals surface area contributed by atoms with Crippen molar-refractivity contribution in [1.29, 1.82) is 0 Å². The molecule has 202 valence electrons. The molecule has 5 rings (SSSR count). The van der Waals surface area contributed by atoms with Crippen LogP contribution >= 0.6 is 11.6 Å². The van der Waals surface area contributed by atoms with Crippen molar-refractivity contribution < 1.29 is 19.5 Å². The topological polar surface area (TPSA) is 93.2 Å². The van der Waals surface area contributed by atoms with E-state index in [4.69, 9.17) is 11.6 Å². The zero-order valence-electron chi connectivity index (χ0n) is 21.5. The van der Waals surface area contributed by atoms with Crippen molar-refractivity contribution in [3.8, 4) is 0 Å². The lowest BCUT2D eigenvalue weighted by Crippen LogP contribution is -2.59.